The molecule has 13 heavy (non-hydrogen) atoms. The minimum Gasteiger partial charge on any atom is -0.355 e. The molecule has 0 radical (unpaired) electrons. The van der Waals surface area contributed by atoms with Crippen molar-refractivity contribution in [3.05, 3.63) is 0 Å². The molecule has 3 nitrogen and oxygen atoms in total. The molecule has 1 aliphatic rings. The molecular weight excluding hydrogens is 171 g/mol. The van der Waals surface area contributed by atoms with E-state index in [9.17, 15) is 9.18 Å². The Balaban J connectivity index is 2.44. The molecule has 0 spiro atoms. The molecule has 0 saturated carbocycles. The van der Waals surface area contributed by atoms with Gasteiger partial charge in [0, 0.05) is 19.6 Å². The summed E-state index contributed by atoms with van der Waals surface area (Å²) in [5.74, 6) is 0.0661. The molecule has 0 aliphatic carbocycles. The van der Waals surface area contributed by atoms with Crippen molar-refractivity contribution in [2.45, 2.75) is 25.8 Å². The van der Waals surface area contributed by atoms with E-state index in [0.717, 1.165) is 19.5 Å². The van der Waals surface area contributed by atoms with Gasteiger partial charge in [0.2, 0.25) is 5.91 Å². The fraction of sp³-hybridized carbons (Fsp3) is 0.889. The summed E-state index contributed by atoms with van der Waals surface area (Å²) in [6.45, 7) is 3.89. The number of carbonyl (C=O) groups excluding carboxylic acids is 1. The summed E-state index contributed by atoms with van der Waals surface area (Å²) in [6, 6.07) is -0.103. The van der Waals surface area contributed by atoms with E-state index >= 15 is 0 Å². The Morgan fingerprint density at radius 1 is 1.69 bits per heavy atom. The zero-order valence-electron chi connectivity index (χ0n) is 8.05. The Bertz CT molecular complexity index is 175. The predicted octanol–water partition coefficient (Wildman–Crippen LogP) is 0.556. The molecule has 1 N–H and O–H groups in total. The first-order valence-corrected chi connectivity index (χ1v) is 4.83. The van der Waals surface area contributed by atoms with Crippen molar-refractivity contribution in [1.29, 1.82) is 0 Å². The van der Waals surface area contributed by atoms with Crippen molar-refractivity contribution >= 4 is 5.91 Å². The maximum atomic E-state index is 11.9. The highest BCUT2D eigenvalue weighted by molar-refractivity contribution is 5.81. The molecule has 1 rings (SSSR count). The topological polar surface area (TPSA) is 32.3 Å². The van der Waals surface area contributed by atoms with Gasteiger partial charge in [0.15, 0.2) is 0 Å². The van der Waals surface area contributed by atoms with E-state index in [1.807, 2.05) is 11.8 Å². The van der Waals surface area contributed by atoms with Crippen molar-refractivity contribution < 1.29 is 9.18 Å². The molecule has 1 saturated heterocycles. The summed E-state index contributed by atoms with van der Waals surface area (Å²) in [4.78, 5) is 13.4. The molecule has 0 aromatic rings. The molecule has 0 bridgehead atoms. The molecule has 4 heteroatoms. The van der Waals surface area contributed by atoms with E-state index in [4.69, 9.17) is 0 Å². The fourth-order valence-electron chi connectivity index (χ4n) is 1.57. The second-order valence-corrected chi connectivity index (χ2v) is 3.40. The molecule has 1 heterocycles. The Labute approximate surface area is 78.3 Å². The summed E-state index contributed by atoms with van der Waals surface area (Å²) >= 11 is 0. The van der Waals surface area contributed by atoms with Gasteiger partial charge >= 0.3 is 0 Å². The lowest BCUT2D eigenvalue weighted by molar-refractivity contribution is -0.124. The van der Waals surface area contributed by atoms with E-state index in [1.54, 1.807) is 0 Å². The molecule has 0 aromatic carbocycles. The third kappa shape index (κ3) is 2.95. The van der Waals surface area contributed by atoms with Gasteiger partial charge in [-0.1, -0.05) is 0 Å². The van der Waals surface area contributed by atoms with Crippen LogP contribution >= 0.6 is 0 Å². The average molecular weight is 188 g/mol. The Morgan fingerprint density at radius 3 is 3.15 bits per heavy atom. The number of rotatable bonds is 3. The Morgan fingerprint density at radius 2 is 2.46 bits per heavy atom. The predicted molar refractivity (Wildman–Crippen MR) is 49.3 cm³/mol. The second kappa shape index (κ2) is 5.17. The van der Waals surface area contributed by atoms with Crippen LogP contribution in [0.4, 0.5) is 4.39 Å². The molecule has 1 unspecified atom stereocenters. The van der Waals surface area contributed by atoms with E-state index in [1.165, 1.54) is 0 Å². The van der Waals surface area contributed by atoms with E-state index in [-0.39, 0.29) is 18.6 Å². The zero-order chi connectivity index (χ0) is 9.68. The summed E-state index contributed by atoms with van der Waals surface area (Å²) in [6.07, 6.45) is 1.49. The summed E-state index contributed by atoms with van der Waals surface area (Å²) in [7, 11) is 0. The van der Waals surface area contributed by atoms with Crippen LogP contribution in [-0.4, -0.2) is 43.2 Å². The van der Waals surface area contributed by atoms with Crippen molar-refractivity contribution in [2.24, 2.45) is 0 Å². The van der Waals surface area contributed by atoms with Gasteiger partial charge in [0.25, 0.3) is 0 Å². The van der Waals surface area contributed by atoms with Crippen molar-refractivity contribution in [3.8, 4) is 0 Å². The maximum Gasteiger partial charge on any atom is 0.237 e. The van der Waals surface area contributed by atoms with Crippen LogP contribution in [0.15, 0.2) is 0 Å². The molecular formula is C9H17FN2O. The largest absolute Gasteiger partial charge is 0.355 e. The molecule has 0 aromatic heterocycles. The van der Waals surface area contributed by atoms with Crippen LogP contribution in [0.5, 0.6) is 0 Å². The van der Waals surface area contributed by atoms with Crippen molar-refractivity contribution in [3.63, 3.8) is 0 Å². The van der Waals surface area contributed by atoms with Gasteiger partial charge in [0.05, 0.1) is 12.7 Å². The van der Waals surface area contributed by atoms with E-state index in [2.05, 4.69) is 5.32 Å². The molecule has 76 valence electrons. The first-order chi connectivity index (χ1) is 6.25. The molecule has 1 aliphatic heterocycles. The number of carbonyl (C=O) groups is 1. The number of nitrogens with zero attached hydrogens (tertiary/aromatic N) is 1. The van der Waals surface area contributed by atoms with Gasteiger partial charge in [-0.3, -0.25) is 14.1 Å². The normalized spacial score (nSPS) is 25.4. The first-order valence-electron chi connectivity index (χ1n) is 4.83. The first kappa shape index (κ1) is 10.4. The van der Waals surface area contributed by atoms with Gasteiger partial charge in [-0.2, -0.15) is 0 Å². The highest BCUT2D eigenvalue weighted by Crippen LogP contribution is 2.05. The average Bonchev–Trinajstić information content (AvgIpc) is 2.28. The number of nitrogens with one attached hydrogen (secondary N) is 1. The van der Waals surface area contributed by atoms with Crippen LogP contribution in [0.1, 0.15) is 19.8 Å². The van der Waals surface area contributed by atoms with Gasteiger partial charge in [-0.25, -0.2) is 0 Å². The van der Waals surface area contributed by atoms with E-state index < -0.39 is 0 Å². The Kier molecular flexibility index (Phi) is 4.15. The lowest BCUT2D eigenvalue weighted by Gasteiger charge is -2.24. The standard InChI is InChI=1S/C9H17FN2O/c1-8-9(13)11-5-3-7-12(8)6-2-4-10/h8H,2-7H2,1H3,(H,11,13). The van der Waals surface area contributed by atoms with Crippen molar-refractivity contribution in [1.82, 2.24) is 10.2 Å². The molecule has 1 amide bonds. The number of alkyl halides is 1. The number of halogens is 1. The van der Waals surface area contributed by atoms with Crippen LogP contribution in [0.25, 0.3) is 0 Å². The highest BCUT2D eigenvalue weighted by atomic mass is 19.1. The van der Waals surface area contributed by atoms with Crippen LogP contribution in [-0.2, 0) is 4.79 Å². The number of hydrogen-bond donors (Lipinski definition) is 1. The van der Waals surface area contributed by atoms with Crippen LogP contribution in [0.2, 0.25) is 0 Å². The smallest absolute Gasteiger partial charge is 0.237 e. The Hall–Kier alpha value is -0.640. The van der Waals surface area contributed by atoms with Crippen LogP contribution < -0.4 is 5.32 Å². The minimum absolute atomic E-state index is 0.0661. The quantitative estimate of drug-likeness (QED) is 0.701. The maximum absolute atomic E-state index is 11.9. The lowest BCUT2D eigenvalue weighted by Crippen LogP contribution is -2.42. The van der Waals surface area contributed by atoms with Gasteiger partial charge in [0.1, 0.15) is 0 Å². The third-order valence-electron chi connectivity index (χ3n) is 2.43. The highest BCUT2D eigenvalue weighted by Gasteiger charge is 2.22. The van der Waals surface area contributed by atoms with Crippen LogP contribution in [0, 0.1) is 0 Å². The van der Waals surface area contributed by atoms with Gasteiger partial charge < -0.3 is 5.32 Å². The minimum atomic E-state index is -0.301. The van der Waals surface area contributed by atoms with Gasteiger partial charge in [-0.05, 0) is 19.8 Å². The fourth-order valence-corrected chi connectivity index (χ4v) is 1.57. The van der Waals surface area contributed by atoms with Gasteiger partial charge in [-0.15, -0.1) is 0 Å². The van der Waals surface area contributed by atoms with E-state index in [0.29, 0.717) is 13.0 Å². The van der Waals surface area contributed by atoms with Crippen LogP contribution in [0.3, 0.4) is 0 Å². The number of amides is 1. The third-order valence-corrected chi connectivity index (χ3v) is 2.43. The summed E-state index contributed by atoms with van der Waals surface area (Å²) < 4.78 is 11.9. The second-order valence-electron chi connectivity index (χ2n) is 3.40. The lowest BCUT2D eigenvalue weighted by atomic mass is 10.2. The molecule has 1 fully saturated rings. The number of hydrogen-bond acceptors (Lipinski definition) is 2. The zero-order valence-corrected chi connectivity index (χ0v) is 8.05. The van der Waals surface area contributed by atoms with Crippen molar-refractivity contribution in [2.75, 3.05) is 26.3 Å². The summed E-state index contributed by atoms with van der Waals surface area (Å²) in [5.41, 5.74) is 0. The SMILES string of the molecule is CC1C(=O)NCCCN1CCCF. The molecule has 1 atom stereocenters. The monoisotopic (exact) mass is 188 g/mol. The summed E-state index contributed by atoms with van der Waals surface area (Å²) in [5, 5.41) is 2.83.